The van der Waals surface area contributed by atoms with Gasteiger partial charge in [-0.2, -0.15) is 8.42 Å². The summed E-state index contributed by atoms with van der Waals surface area (Å²) >= 11 is 0. The number of carbonyl (C=O) groups is 1. The average Bonchev–Trinajstić information content (AvgIpc) is 2.64. The SMILES string of the molecule is CON=C1CN(C(=O)OC(C)(C)C)CC12CNC2.CS(=O)(=O)O. The maximum absolute atomic E-state index is 12.0. The van der Waals surface area contributed by atoms with Gasteiger partial charge in [0.25, 0.3) is 10.1 Å². The third-order valence-corrected chi connectivity index (χ3v) is 3.23. The number of hydrogen-bond acceptors (Lipinski definition) is 7. The van der Waals surface area contributed by atoms with Gasteiger partial charge in [-0.1, -0.05) is 5.16 Å². The minimum Gasteiger partial charge on any atom is -0.444 e. The average molecular weight is 351 g/mol. The van der Waals surface area contributed by atoms with Gasteiger partial charge in [0.05, 0.1) is 23.9 Å². The zero-order valence-electron chi connectivity index (χ0n) is 14.1. The van der Waals surface area contributed by atoms with Gasteiger partial charge in [-0.25, -0.2) is 4.79 Å². The number of nitrogens with one attached hydrogen (secondary N) is 1. The normalized spacial score (nSPS) is 21.5. The highest BCUT2D eigenvalue weighted by Crippen LogP contribution is 2.33. The molecule has 0 aliphatic carbocycles. The van der Waals surface area contributed by atoms with Gasteiger partial charge >= 0.3 is 6.09 Å². The zero-order valence-corrected chi connectivity index (χ0v) is 14.9. The summed E-state index contributed by atoms with van der Waals surface area (Å²) in [5, 5.41) is 7.28. The minimum absolute atomic E-state index is 0.0487. The van der Waals surface area contributed by atoms with Crippen molar-refractivity contribution in [2.75, 3.05) is 39.5 Å². The monoisotopic (exact) mass is 351 g/mol. The van der Waals surface area contributed by atoms with Crippen LogP contribution in [-0.2, 0) is 19.7 Å². The third-order valence-electron chi connectivity index (χ3n) is 3.23. The lowest BCUT2D eigenvalue weighted by atomic mass is 9.79. The van der Waals surface area contributed by atoms with Crippen molar-refractivity contribution in [3.8, 4) is 0 Å². The maximum Gasteiger partial charge on any atom is 0.410 e. The first-order valence-corrected chi connectivity index (χ1v) is 8.93. The van der Waals surface area contributed by atoms with E-state index in [0.29, 0.717) is 19.3 Å². The summed E-state index contributed by atoms with van der Waals surface area (Å²) < 4.78 is 31.2. The summed E-state index contributed by atoms with van der Waals surface area (Å²) in [5.41, 5.74) is 0.408. The van der Waals surface area contributed by atoms with Crippen molar-refractivity contribution in [3.63, 3.8) is 0 Å². The van der Waals surface area contributed by atoms with Crippen LogP contribution in [-0.4, -0.2) is 74.8 Å². The molecule has 9 nitrogen and oxygen atoms in total. The predicted molar refractivity (Wildman–Crippen MR) is 85.0 cm³/mol. The number of nitrogens with zero attached hydrogens (tertiary/aromatic N) is 2. The van der Waals surface area contributed by atoms with Gasteiger partial charge in [0, 0.05) is 19.6 Å². The molecule has 0 unspecified atom stereocenters. The van der Waals surface area contributed by atoms with Crippen LogP contribution in [0.3, 0.4) is 0 Å². The summed E-state index contributed by atoms with van der Waals surface area (Å²) in [6.07, 6.45) is 0.433. The second-order valence-electron chi connectivity index (χ2n) is 6.67. The van der Waals surface area contributed by atoms with E-state index in [1.807, 2.05) is 20.8 Å². The van der Waals surface area contributed by atoms with Crippen molar-refractivity contribution in [3.05, 3.63) is 0 Å². The molecule has 0 atom stereocenters. The fourth-order valence-electron chi connectivity index (χ4n) is 2.30. The Morgan fingerprint density at radius 1 is 1.39 bits per heavy atom. The number of ether oxygens (including phenoxy) is 1. The Labute approximate surface area is 136 Å². The first kappa shape index (κ1) is 19.7. The largest absolute Gasteiger partial charge is 0.444 e. The van der Waals surface area contributed by atoms with Gasteiger partial charge in [0.15, 0.2) is 0 Å². The van der Waals surface area contributed by atoms with E-state index in [9.17, 15) is 13.2 Å². The van der Waals surface area contributed by atoms with Crippen LogP contribution in [0, 0.1) is 5.41 Å². The van der Waals surface area contributed by atoms with E-state index in [2.05, 4.69) is 10.5 Å². The molecule has 2 aliphatic heterocycles. The molecule has 0 aromatic heterocycles. The van der Waals surface area contributed by atoms with Crippen LogP contribution in [0.15, 0.2) is 5.16 Å². The first-order valence-electron chi connectivity index (χ1n) is 7.08. The lowest BCUT2D eigenvalue weighted by molar-refractivity contribution is 0.0258. The number of rotatable bonds is 1. The van der Waals surface area contributed by atoms with Gasteiger partial charge in [0.2, 0.25) is 0 Å². The molecule has 0 aromatic rings. The highest BCUT2D eigenvalue weighted by atomic mass is 32.2. The molecule has 0 radical (unpaired) electrons. The zero-order chi connectivity index (χ0) is 17.9. The summed E-state index contributed by atoms with van der Waals surface area (Å²) in [4.78, 5) is 18.6. The quantitative estimate of drug-likeness (QED) is 0.516. The summed E-state index contributed by atoms with van der Waals surface area (Å²) in [6.45, 7) is 8.42. The molecule has 2 fully saturated rings. The van der Waals surface area contributed by atoms with E-state index in [0.717, 1.165) is 18.8 Å². The molecule has 0 bridgehead atoms. The second kappa shape index (κ2) is 7.02. The number of amides is 1. The van der Waals surface area contributed by atoms with E-state index in [4.69, 9.17) is 14.1 Å². The fraction of sp³-hybridized carbons (Fsp3) is 0.846. The molecular formula is C13H25N3O6S. The van der Waals surface area contributed by atoms with Gasteiger partial charge in [0.1, 0.15) is 12.7 Å². The lowest BCUT2D eigenvalue weighted by Crippen LogP contribution is -2.58. The Bertz CT molecular complexity index is 555. The van der Waals surface area contributed by atoms with Crippen LogP contribution in [0.4, 0.5) is 4.79 Å². The van der Waals surface area contributed by atoms with Crippen molar-refractivity contribution in [2.45, 2.75) is 26.4 Å². The van der Waals surface area contributed by atoms with Crippen LogP contribution in [0.25, 0.3) is 0 Å². The maximum atomic E-state index is 12.0. The van der Waals surface area contributed by atoms with Gasteiger partial charge in [-0.15, -0.1) is 0 Å². The Morgan fingerprint density at radius 2 is 1.91 bits per heavy atom. The Balaban J connectivity index is 0.000000463. The van der Waals surface area contributed by atoms with Crippen molar-refractivity contribution < 1.29 is 27.3 Å². The number of oxime groups is 1. The number of likely N-dealkylation sites (tertiary alicyclic amines) is 1. The molecule has 0 saturated carbocycles. The van der Waals surface area contributed by atoms with E-state index in [1.54, 1.807) is 4.90 Å². The van der Waals surface area contributed by atoms with E-state index >= 15 is 0 Å². The summed E-state index contributed by atoms with van der Waals surface area (Å²) in [7, 11) is -2.14. The molecule has 1 spiro atoms. The molecule has 2 saturated heterocycles. The molecule has 23 heavy (non-hydrogen) atoms. The second-order valence-corrected chi connectivity index (χ2v) is 8.14. The molecular weight excluding hydrogens is 326 g/mol. The molecule has 2 aliphatic rings. The number of carbonyl (C=O) groups excluding carboxylic acids is 1. The van der Waals surface area contributed by atoms with Gasteiger partial charge < -0.3 is 19.8 Å². The van der Waals surface area contributed by atoms with Crippen LogP contribution in [0.5, 0.6) is 0 Å². The lowest BCUT2D eigenvalue weighted by Gasteiger charge is -2.38. The first-order chi connectivity index (χ1) is 10.4. The van der Waals surface area contributed by atoms with Crippen molar-refractivity contribution in [2.24, 2.45) is 10.6 Å². The Kier molecular flexibility index (Phi) is 6.00. The smallest absolute Gasteiger partial charge is 0.410 e. The van der Waals surface area contributed by atoms with Crippen LogP contribution >= 0.6 is 0 Å². The van der Waals surface area contributed by atoms with E-state index in [1.165, 1.54) is 7.11 Å². The molecule has 10 heteroatoms. The minimum atomic E-state index is -3.67. The molecule has 0 aromatic carbocycles. The standard InChI is InChI=1S/C12H21N3O3.CH4O3S/c1-11(2,3)18-10(16)15-5-9(14-17-4)12(8-15)6-13-7-12;1-5(2,3)4/h13H,5-8H2,1-4H3;1H3,(H,2,3,4). The summed E-state index contributed by atoms with van der Waals surface area (Å²) in [6, 6.07) is 0. The Morgan fingerprint density at radius 3 is 2.26 bits per heavy atom. The molecule has 1 amide bonds. The molecule has 134 valence electrons. The van der Waals surface area contributed by atoms with Crippen LogP contribution in [0.1, 0.15) is 20.8 Å². The number of hydrogen-bond donors (Lipinski definition) is 2. The third kappa shape index (κ3) is 6.32. The van der Waals surface area contributed by atoms with E-state index < -0.39 is 15.7 Å². The van der Waals surface area contributed by atoms with E-state index in [-0.39, 0.29) is 11.5 Å². The highest BCUT2D eigenvalue weighted by Gasteiger charge is 2.51. The predicted octanol–water partition coefficient (Wildman–Crippen LogP) is 0.333. The van der Waals surface area contributed by atoms with Gasteiger partial charge in [-0.05, 0) is 20.8 Å². The van der Waals surface area contributed by atoms with Crippen LogP contribution < -0.4 is 5.32 Å². The topological polar surface area (TPSA) is 118 Å². The fourth-order valence-corrected chi connectivity index (χ4v) is 2.30. The van der Waals surface area contributed by atoms with Crippen molar-refractivity contribution in [1.29, 1.82) is 0 Å². The van der Waals surface area contributed by atoms with Gasteiger partial charge in [-0.3, -0.25) is 4.55 Å². The van der Waals surface area contributed by atoms with Crippen molar-refractivity contribution in [1.82, 2.24) is 10.2 Å². The Hall–Kier alpha value is -1.39. The molecule has 2 rings (SSSR count). The highest BCUT2D eigenvalue weighted by molar-refractivity contribution is 7.85. The van der Waals surface area contributed by atoms with Crippen molar-refractivity contribution >= 4 is 21.9 Å². The summed E-state index contributed by atoms with van der Waals surface area (Å²) in [5.74, 6) is 0. The molecule has 2 heterocycles. The molecule has 2 N–H and O–H groups in total. The van der Waals surface area contributed by atoms with Crippen LogP contribution in [0.2, 0.25) is 0 Å².